The predicted octanol–water partition coefficient (Wildman–Crippen LogP) is 4.97. The first kappa shape index (κ1) is 13.7. The highest BCUT2D eigenvalue weighted by atomic mass is 79.9. The smallest absolute Gasteiger partial charge is 0.250 e. The maximum absolute atomic E-state index is 13.6. The summed E-state index contributed by atoms with van der Waals surface area (Å²) < 4.78 is 20.3. The first-order valence-corrected chi connectivity index (χ1v) is 8.98. The van der Waals surface area contributed by atoms with Crippen molar-refractivity contribution in [3.05, 3.63) is 28.5 Å². The molecule has 0 fully saturated rings. The fraction of sp³-hybridized carbons (Fsp3) is 0.500. The molecule has 0 aliphatic heterocycles. The van der Waals surface area contributed by atoms with Crippen LogP contribution >= 0.6 is 15.9 Å². The maximum Gasteiger partial charge on any atom is 0.250 e. The molecular weight excluding hydrogens is 287 g/mol. The Morgan fingerprint density at radius 2 is 1.81 bits per heavy atom. The molecule has 4 heteroatoms. The zero-order chi connectivity index (χ0) is 12.6. The lowest BCUT2D eigenvalue weighted by atomic mass is 10.2. The highest BCUT2D eigenvalue weighted by Crippen LogP contribution is 2.40. The monoisotopic (exact) mass is 304 g/mol. The Balaban J connectivity index is 3.06. The lowest BCUT2D eigenvalue weighted by Gasteiger charge is -2.36. The molecule has 0 saturated carbocycles. The molecule has 1 nitrogen and oxygen atoms in total. The minimum Gasteiger partial charge on any atom is -0.541 e. The van der Waals surface area contributed by atoms with Crippen LogP contribution in [-0.2, 0) is 0 Å². The fourth-order valence-corrected chi connectivity index (χ4v) is 2.58. The zero-order valence-corrected chi connectivity index (χ0v) is 13.0. The van der Waals surface area contributed by atoms with E-state index in [1.165, 1.54) is 6.07 Å². The average Bonchev–Trinajstić information content (AvgIpc) is 2.10. The molecule has 1 aromatic carbocycles. The van der Waals surface area contributed by atoms with Crippen LogP contribution in [0.5, 0.6) is 5.75 Å². The topological polar surface area (TPSA) is 9.23 Å². The zero-order valence-electron chi connectivity index (χ0n) is 10.4. The van der Waals surface area contributed by atoms with Crippen molar-refractivity contribution in [2.24, 2.45) is 0 Å². The van der Waals surface area contributed by atoms with Crippen LogP contribution in [0.1, 0.15) is 20.8 Å². The fourth-order valence-electron chi connectivity index (χ4n) is 0.988. The molecule has 0 aliphatic carbocycles. The van der Waals surface area contributed by atoms with Crippen molar-refractivity contribution >= 4 is 24.2 Å². The largest absolute Gasteiger partial charge is 0.541 e. The van der Waals surface area contributed by atoms with Crippen molar-refractivity contribution in [2.75, 3.05) is 0 Å². The van der Waals surface area contributed by atoms with Crippen molar-refractivity contribution in [3.8, 4) is 5.75 Å². The molecule has 0 saturated heterocycles. The van der Waals surface area contributed by atoms with E-state index in [0.29, 0.717) is 10.2 Å². The molecule has 0 atom stereocenters. The Bertz CT molecular complexity index is 365. The van der Waals surface area contributed by atoms with E-state index in [1.807, 2.05) is 0 Å². The van der Waals surface area contributed by atoms with Gasteiger partial charge in [0.25, 0.3) is 8.32 Å². The van der Waals surface area contributed by atoms with Crippen molar-refractivity contribution < 1.29 is 8.82 Å². The number of hydrogen-bond donors (Lipinski definition) is 0. The van der Waals surface area contributed by atoms with Gasteiger partial charge in [0.15, 0.2) is 11.6 Å². The maximum atomic E-state index is 13.6. The molecule has 0 heterocycles. The summed E-state index contributed by atoms with van der Waals surface area (Å²) >= 11 is 3.32. The SMILES string of the molecule is CC(C)(C)[Si](C)(C)Oc1c(F)cccc1Br. The number of para-hydroxylation sites is 1. The summed E-state index contributed by atoms with van der Waals surface area (Å²) in [5.41, 5.74) is 0. The molecular formula is C12H18BrFOSi. The number of rotatable bonds is 2. The summed E-state index contributed by atoms with van der Waals surface area (Å²) in [7, 11) is -1.98. The second kappa shape index (κ2) is 4.49. The second-order valence-corrected chi connectivity index (χ2v) is 11.0. The third-order valence-corrected chi connectivity index (χ3v) is 8.03. The van der Waals surface area contributed by atoms with Gasteiger partial charge in [-0.1, -0.05) is 26.8 Å². The molecule has 0 N–H and O–H groups in total. The van der Waals surface area contributed by atoms with Gasteiger partial charge in [0.1, 0.15) is 0 Å². The van der Waals surface area contributed by atoms with Crippen LogP contribution < -0.4 is 4.43 Å². The van der Waals surface area contributed by atoms with E-state index >= 15 is 0 Å². The van der Waals surface area contributed by atoms with Crippen LogP contribution in [-0.4, -0.2) is 8.32 Å². The van der Waals surface area contributed by atoms with Gasteiger partial charge in [0.2, 0.25) is 0 Å². The van der Waals surface area contributed by atoms with Gasteiger partial charge in [-0.05, 0) is 46.2 Å². The molecule has 0 radical (unpaired) electrons. The first-order chi connectivity index (χ1) is 7.15. The van der Waals surface area contributed by atoms with Crippen LogP contribution in [0.4, 0.5) is 4.39 Å². The normalized spacial score (nSPS) is 12.7. The van der Waals surface area contributed by atoms with E-state index in [9.17, 15) is 4.39 Å². The number of halogens is 2. The summed E-state index contributed by atoms with van der Waals surface area (Å²) in [6.07, 6.45) is 0. The third-order valence-electron chi connectivity index (χ3n) is 3.08. The first-order valence-electron chi connectivity index (χ1n) is 5.28. The Morgan fingerprint density at radius 1 is 1.25 bits per heavy atom. The molecule has 1 aromatic rings. The second-order valence-electron chi connectivity index (χ2n) is 5.41. The standard InChI is InChI=1S/C12H18BrFOSi/c1-12(2,3)16(4,5)15-11-9(13)7-6-8-10(11)14/h6-8H,1-5H3. The summed E-state index contributed by atoms with van der Waals surface area (Å²) in [6, 6.07) is 4.89. The minimum absolute atomic E-state index is 0.0642. The minimum atomic E-state index is -1.98. The van der Waals surface area contributed by atoms with Gasteiger partial charge in [-0.3, -0.25) is 0 Å². The lowest BCUT2D eigenvalue weighted by Crippen LogP contribution is -2.44. The van der Waals surface area contributed by atoms with E-state index in [2.05, 4.69) is 49.8 Å². The molecule has 0 bridgehead atoms. The lowest BCUT2D eigenvalue weighted by molar-refractivity contribution is 0.454. The van der Waals surface area contributed by atoms with Crippen molar-refractivity contribution in [2.45, 2.75) is 38.9 Å². The Kier molecular flexibility index (Phi) is 3.85. The highest BCUT2D eigenvalue weighted by Gasteiger charge is 2.39. The molecule has 1 rings (SSSR count). The van der Waals surface area contributed by atoms with Crippen LogP contribution in [0.2, 0.25) is 18.1 Å². The van der Waals surface area contributed by atoms with Crippen LogP contribution in [0.15, 0.2) is 22.7 Å². The summed E-state index contributed by atoms with van der Waals surface area (Å²) in [5.74, 6) is 0.0355. The molecule has 0 unspecified atom stereocenters. The molecule has 0 amide bonds. The molecule has 0 aliphatic rings. The van der Waals surface area contributed by atoms with Gasteiger partial charge < -0.3 is 4.43 Å². The molecule has 0 spiro atoms. The Labute approximate surface area is 106 Å². The Morgan fingerprint density at radius 3 is 2.25 bits per heavy atom. The average molecular weight is 305 g/mol. The van der Waals surface area contributed by atoms with E-state index < -0.39 is 8.32 Å². The van der Waals surface area contributed by atoms with Crippen molar-refractivity contribution in [3.63, 3.8) is 0 Å². The van der Waals surface area contributed by atoms with Gasteiger partial charge in [-0.25, -0.2) is 4.39 Å². The van der Waals surface area contributed by atoms with Crippen LogP contribution in [0, 0.1) is 5.82 Å². The van der Waals surface area contributed by atoms with E-state index in [4.69, 9.17) is 4.43 Å². The summed E-state index contributed by atoms with van der Waals surface area (Å²) in [6.45, 7) is 10.6. The number of hydrogen-bond acceptors (Lipinski definition) is 1. The van der Waals surface area contributed by atoms with Gasteiger partial charge in [0, 0.05) is 0 Å². The summed E-state index contributed by atoms with van der Waals surface area (Å²) in [5, 5.41) is 0.0642. The quantitative estimate of drug-likeness (QED) is 0.701. The number of benzene rings is 1. The van der Waals surface area contributed by atoms with E-state index in [1.54, 1.807) is 12.1 Å². The van der Waals surface area contributed by atoms with E-state index in [0.717, 1.165) is 0 Å². The van der Waals surface area contributed by atoms with Crippen LogP contribution in [0.25, 0.3) is 0 Å². The van der Waals surface area contributed by atoms with Crippen molar-refractivity contribution in [1.29, 1.82) is 0 Å². The van der Waals surface area contributed by atoms with Gasteiger partial charge in [-0.15, -0.1) is 0 Å². The van der Waals surface area contributed by atoms with E-state index in [-0.39, 0.29) is 10.9 Å². The van der Waals surface area contributed by atoms with Crippen LogP contribution in [0.3, 0.4) is 0 Å². The molecule has 0 aromatic heterocycles. The van der Waals surface area contributed by atoms with Crippen molar-refractivity contribution in [1.82, 2.24) is 0 Å². The highest BCUT2D eigenvalue weighted by molar-refractivity contribution is 9.10. The van der Waals surface area contributed by atoms with Gasteiger partial charge >= 0.3 is 0 Å². The summed E-state index contributed by atoms with van der Waals surface area (Å²) in [4.78, 5) is 0. The Hall–Kier alpha value is -0.353. The predicted molar refractivity (Wildman–Crippen MR) is 71.9 cm³/mol. The van der Waals surface area contributed by atoms with Gasteiger partial charge in [0.05, 0.1) is 4.47 Å². The molecule has 90 valence electrons. The molecule has 16 heavy (non-hydrogen) atoms. The third kappa shape index (κ3) is 2.86. The van der Waals surface area contributed by atoms with Gasteiger partial charge in [-0.2, -0.15) is 0 Å².